The van der Waals surface area contributed by atoms with Crippen LogP contribution in [0, 0.1) is 3.57 Å². The average Bonchev–Trinajstić information content (AvgIpc) is 2.00. The summed E-state index contributed by atoms with van der Waals surface area (Å²) >= 11 is 2.38. The molecular weight excluding hydrogens is 315 g/mol. The van der Waals surface area contributed by atoms with E-state index < -0.39 is 8.80 Å². The van der Waals surface area contributed by atoms with Gasteiger partial charge in [-0.15, -0.1) is 0 Å². The minimum Gasteiger partial charge on any atom is -0.508 e. The van der Waals surface area contributed by atoms with Crippen molar-refractivity contribution in [2.45, 2.75) is 39.3 Å². The van der Waals surface area contributed by atoms with E-state index in [0.717, 1.165) is 5.56 Å². The van der Waals surface area contributed by atoms with Crippen molar-refractivity contribution in [1.29, 1.82) is 0 Å². The Bertz CT molecular complexity index is 367. The smallest absolute Gasteiger partial charge is 0.120 e. The van der Waals surface area contributed by atoms with Gasteiger partial charge in [0.15, 0.2) is 0 Å². The van der Waals surface area contributed by atoms with Crippen LogP contribution in [0.15, 0.2) is 12.1 Å². The fourth-order valence-corrected chi connectivity index (χ4v) is 6.01. The summed E-state index contributed by atoms with van der Waals surface area (Å²) in [6, 6.07) is 3.94. The Morgan fingerprint density at radius 3 is 2.13 bits per heavy atom. The largest absolute Gasteiger partial charge is 0.508 e. The second-order valence-electron chi connectivity index (χ2n) is 5.27. The van der Waals surface area contributed by atoms with Crippen LogP contribution in [0.2, 0.25) is 13.1 Å². The molecule has 1 rings (SSSR count). The molecule has 0 aliphatic rings. The molecule has 1 N–H and O–H groups in total. The third-order valence-electron chi connectivity index (χ3n) is 2.52. The van der Waals surface area contributed by atoms with Gasteiger partial charge in [0.05, 0.1) is 8.80 Å². The predicted molar refractivity (Wildman–Crippen MR) is 78.0 cm³/mol. The number of benzene rings is 1. The second-order valence-corrected chi connectivity index (χ2v) is 9.28. The number of rotatable bonds is 1. The molecule has 0 saturated heterocycles. The van der Waals surface area contributed by atoms with Gasteiger partial charge < -0.3 is 5.11 Å². The zero-order chi connectivity index (χ0) is 11.8. The monoisotopic (exact) mass is 334 g/mol. The molecule has 15 heavy (non-hydrogen) atoms. The third kappa shape index (κ3) is 2.75. The van der Waals surface area contributed by atoms with Crippen molar-refractivity contribution in [3.8, 4) is 5.75 Å². The highest BCUT2D eigenvalue weighted by Gasteiger charge is 2.23. The van der Waals surface area contributed by atoms with E-state index in [0.29, 0.717) is 5.75 Å². The van der Waals surface area contributed by atoms with Crippen molar-refractivity contribution < 1.29 is 5.11 Å². The van der Waals surface area contributed by atoms with Crippen molar-refractivity contribution in [2.75, 3.05) is 0 Å². The molecule has 0 radical (unpaired) electrons. The normalized spacial score (nSPS) is 12.2. The van der Waals surface area contributed by atoms with Gasteiger partial charge in [-0.1, -0.05) is 39.9 Å². The summed E-state index contributed by atoms with van der Waals surface area (Å²) in [5.41, 5.74) is 1.11. The Balaban J connectivity index is 3.44. The van der Waals surface area contributed by atoms with Crippen molar-refractivity contribution in [3.05, 3.63) is 21.3 Å². The molecule has 0 amide bonds. The second kappa shape index (κ2) is 4.45. The number of phenols is 1. The van der Waals surface area contributed by atoms with Gasteiger partial charge >= 0.3 is 0 Å². The SMILES string of the molecule is C[SiH](C)c1ccc(O)c(C(C)(C)C)c1I. The van der Waals surface area contributed by atoms with E-state index in [1.54, 1.807) is 0 Å². The first-order valence-electron chi connectivity index (χ1n) is 5.27. The Labute approximate surface area is 108 Å². The molecule has 0 atom stereocenters. The third-order valence-corrected chi connectivity index (χ3v) is 6.00. The molecule has 1 aromatic rings. The standard InChI is InChI=1S/C12H19IOSi/c1-12(2,3)10-8(14)6-7-9(11(10)13)15(4)5/h6-7,14-15H,1-5H3. The number of phenolic OH excluding ortho intramolecular Hbond substituents is 1. The quantitative estimate of drug-likeness (QED) is 0.618. The average molecular weight is 334 g/mol. The van der Waals surface area contributed by atoms with Crippen LogP contribution in [0.3, 0.4) is 0 Å². The van der Waals surface area contributed by atoms with Gasteiger partial charge in [0.25, 0.3) is 0 Å². The first-order valence-corrected chi connectivity index (χ1v) is 9.23. The summed E-state index contributed by atoms with van der Waals surface area (Å²) in [7, 11) is -0.807. The van der Waals surface area contributed by atoms with Crippen LogP contribution in [0.4, 0.5) is 0 Å². The lowest BCUT2D eigenvalue weighted by molar-refractivity contribution is 0.445. The van der Waals surface area contributed by atoms with E-state index in [9.17, 15) is 5.11 Å². The van der Waals surface area contributed by atoms with E-state index in [2.05, 4.69) is 62.5 Å². The molecule has 0 aromatic heterocycles. The summed E-state index contributed by atoms with van der Waals surface area (Å²) in [6.07, 6.45) is 0. The topological polar surface area (TPSA) is 20.2 Å². The maximum absolute atomic E-state index is 9.94. The number of hydrogen-bond acceptors (Lipinski definition) is 1. The summed E-state index contributed by atoms with van der Waals surface area (Å²) in [5.74, 6) is 0.435. The molecule has 0 aliphatic heterocycles. The lowest BCUT2D eigenvalue weighted by atomic mass is 9.86. The Hall–Kier alpha value is -0.0331. The molecule has 0 aliphatic carbocycles. The van der Waals surface area contributed by atoms with Gasteiger partial charge in [-0.25, -0.2) is 0 Å². The summed E-state index contributed by atoms with van der Waals surface area (Å²) in [6.45, 7) is 11.1. The molecule has 0 fully saturated rings. The van der Waals surface area contributed by atoms with Crippen LogP contribution < -0.4 is 5.19 Å². The molecule has 3 heteroatoms. The molecule has 0 saturated carbocycles. The van der Waals surface area contributed by atoms with E-state index in [-0.39, 0.29) is 5.41 Å². The highest BCUT2D eigenvalue weighted by molar-refractivity contribution is 14.1. The fraction of sp³-hybridized carbons (Fsp3) is 0.500. The number of halogens is 1. The van der Waals surface area contributed by atoms with E-state index in [1.807, 2.05) is 6.07 Å². The first kappa shape index (κ1) is 13.0. The van der Waals surface area contributed by atoms with Crippen LogP contribution in [0.25, 0.3) is 0 Å². The molecule has 0 heterocycles. The highest BCUT2D eigenvalue weighted by atomic mass is 127. The minimum absolute atomic E-state index is 0.0138. The van der Waals surface area contributed by atoms with Gasteiger partial charge in [0.1, 0.15) is 5.75 Å². The van der Waals surface area contributed by atoms with Gasteiger partial charge in [-0.2, -0.15) is 0 Å². The number of hydrogen-bond donors (Lipinski definition) is 1. The molecule has 84 valence electrons. The van der Waals surface area contributed by atoms with Crippen LogP contribution >= 0.6 is 22.6 Å². The number of aromatic hydroxyl groups is 1. The molecule has 0 unspecified atom stereocenters. The lowest BCUT2D eigenvalue weighted by Crippen LogP contribution is -2.29. The van der Waals surface area contributed by atoms with Crippen molar-refractivity contribution in [3.63, 3.8) is 0 Å². The Morgan fingerprint density at radius 2 is 1.73 bits per heavy atom. The summed E-state index contributed by atoms with van der Waals surface area (Å²) in [5, 5.41) is 11.4. The molecule has 0 spiro atoms. The highest BCUT2D eigenvalue weighted by Crippen LogP contribution is 2.33. The molecule has 1 nitrogen and oxygen atoms in total. The predicted octanol–water partition coefficient (Wildman–Crippen LogP) is 2.99. The summed E-state index contributed by atoms with van der Waals surface area (Å²) in [4.78, 5) is 0. The maximum Gasteiger partial charge on any atom is 0.120 e. The summed E-state index contributed by atoms with van der Waals surface area (Å²) < 4.78 is 1.27. The van der Waals surface area contributed by atoms with Gasteiger partial charge in [0.2, 0.25) is 0 Å². The Kier molecular flexibility index (Phi) is 3.87. The lowest BCUT2D eigenvalue weighted by Gasteiger charge is -2.24. The first-order chi connectivity index (χ1) is 6.75. The van der Waals surface area contributed by atoms with E-state index >= 15 is 0 Å². The van der Waals surface area contributed by atoms with Crippen molar-refractivity contribution in [2.24, 2.45) is 0 Å². The van der Waals surface area contributed by atoms with Crippen LogP contribution in [0.5, 0.6) is 5.75 Å². The maximum atomic E-state index is 9.94. The van der Waals surface area contributed by atoms with Gasteiger partial charge in [-0.05, 0) is 39.3 Å². The van der Waals surface area contributed by atoms with Gasteiger partial charge in [0, 0.05) is 9.13 Å². The van der Waals surface area contributed by atoms with Crippen molar-refractivity contribution >= 4 is 36.6 Å². The van der Waals surface area contributed by atoms with Crippen molar-refractivity contribution in [1.82, 2.24) is 0 Å². The molecule has 0 bridgehead atoms. The molecule has 1 aromatic carbocycles. The minimum atomic E-state index is -0.807. The van der Waals surface area contributed by atoms with E-state index in [1.165, 1.54) is 8.76 Å². The zero-order valence-electron chi connectivity index (χ0n) is 10.1. The Morgan fingerprint density at radius 1 is 1.20 bits per heavy atom. The van der Waals surface area contributed by atoms with Gasteiger partial charge in [-0.3, -0.25) is 0 Å². The van der Waals surface area contributed by atoms with E-state index in [4.69, 9.17) is 0 Å². The zero-order valence-corrected chi connectivity index (χ0v) is 13.4. The fourth-order valence-electron chi connectivity index (χ4n) is 1.74. The van der Waals surface area contributed by atoms with Crippen LogP contribution in [-0.2, 0) is 5.41 Å². The molecular formula is C12H19IOSi. The van der Waals surface area contributed by atoms with Crippen LogP contribution in [0.1, 0.15) is 26.3 Å². The van der Waals surface area contributed by atoms with Crippen LogP contribution in [-0.4, -0.2) is 13.9 Å².